The van der Waals surface area contributed by atoms with E-state index in [0.29, 0.717) is 12.2 Å². The number of methoxy groups -OCH3 is 2. The molecule has 17 nitrogen and oxygen atoms in total. The number of thioether (sulfide) groups is 1. The monoisotopic (exact) mass is 952 g/mol. The number of rotatable bonds is 13. The smallest absolute Gasteiger partial charge is 0.320 e. The van der Waals surface area contributed by atoms with Gasteiger partial charge in [0.25, 0.3) is 5.91 Å². The lowest BCUT2D eigenvalue weighted by Crippen LogP contribution is -2.61. The Morgan fingerprint density at radius 1 is 0.939 bits per heavy atom. The minimum absolute atomic E-state index is 0.113. The molecule has 4 saturated heterocycles. The number of ether oxygens (including phenoxy) is 8. The van der Waals surface area contributed by atoms with Crippen LogP contribution in [0.3, 0.4) is 0 Å². The summed E-state index contributed by atoms with van der Waals surface area (Å²) >= 11 is 1.28. The van der Waals surface area contributed by atoms with E-state index in [1.807, 2.05) is 53.6 Å². The SMILES string of the molecule is CC[C@H]1OC(=O)[C@H](C)[C@@H](O[C@H]2C[C@@](C)(OC)[C@@H](O)[C@@H](C)O2)[C@H](C)[C@@H](O[C@@H]2O[C@H](C)C[C@H](N(C)C)[C@H]2O)[C@](C)(OC)C[C@@H](C)C(=O)C(C)C2C(SCCNC(=O)c3ccccn3)C(=O)O[C@@]21C. The Labute approximate surface area is 395 Å². The highest BCUT2D eigenvalue weighted by molar-refractivity contribution is 8.00. The Kier molecular flexibility index (Phi) is 18.3. The molecule has 4 fully saturated rings. The van der Waals surface area contributed by atoms with Gasteiger partial charge < -0.3 is 58.3 Å². The first kappa shape index (κ1) is 54.2. The molecule has 0 aliphatic carbocycles. The Morgan fingerprint density at radius 3 is 2.23 bits per heavy atom. The van der Waals surface area contributed by atoms with Crippen molar-refractivity contribution in [1.29, 1.82) is 0 Å². The Hall–Kier alpha value is -2.78. The van der Waals surface area contributed by atoms with Crippen LogP contribution < -0.4 is 5.32 Å². The van der Waals surface area contributed by atoms with Crippen LogP contribution in [0.1, 0.15) is 105 Å². The van der Waals surface area contributed by atoms with Crippen LogP contribution in [0.5, 0.6) is 0 Å². The second kappa shape index (κ2) is 22.3. The number of ketones is 1. The minimum atomic E-state index is -1.43. The van der Waals surface area contributed by atoms with Gasteiger partial charge in [0, 0.05) is 68.8 Å². The van der Waals surface area contributed by atoms with Gasteiger partial charge in [-0.05, 0) is 87.0 Å². The van der Waals surface area contributed by atoms with E-state index in [1.165, 1.54) is 32.2 Å². The standard InChI is InChI=1S/C48H77N3O14S/c1-15-33-48(10)35(39(44(57)65-48)66-21-20-50-42(55)31-18-16-17-19-49-31)27(4)36(52)25(2)23-47(9,59-14)41(64-45-37(53)32(51(11)12)22-26(3)60-45)28(5)38(29(6)43(56)62-33)63-34-24-46(8,58-13)40(54)30(7)61-34/h16-19,25-30,32-35,37-41,45,53-54H,15,20-24H2,1-14H3,(H,50,55)/t25-,26-,27?,28+,29-,30-,32+,33-,34+,35?,37-,38+,39?,40+,41-,45+,46-,47-,48-/m1/s1. The topological polar surface area (TPSA) is 211 Å². The average Bonchev–Trinajstić information content (AvgIpc) is 3.55. The van der Waals surface area contributed by atoms with Gasteiger partial charge in [0.15, 0.2) is 18.2 Å². The highest BCUT2D eigenvalue weighted by Gasteiger charge is 2.62. The number of aliphatic hydroxyl groups is 2. The lowest BCUT2D eigenvalue weighted by atomic mass is 9.70. The van der Waals surface area contributed by atoms with Crippen LogP contribution in [0.2, 0.25) is 0 Å². The molecule has 0 bridgehead atoms. The van der Waals surface area contributed by atoms with E-state index >= 15 is 4.79 Å². The molecule has 0 aromatic carbocycles. The Bertz CT molecular complexity index is 1810. The number of hydrogen-bond donors (Lipinski definition) is 3. The molecule has 3 unspecified atom stereocenters. The van der Waals surface area contributed by atoms with Gasteiger partial charge in [0.05, 0.1) is 41.5 Å². The summed E-state index contributed by atoms with van der Waals surface area (Å²) in [6, 6.07) is 4.74. The number of aromatic nitrogens is 1. The molecule has 5 heterocycles. The number of aliphatic hydroxyl groups excluding tert-OH is 2. The van der Waals surface area contributed by atoms with Crippen LogP contribution in [0, 0.1) is 29.6 Å². The normalized spacial score (nSPS) is 42.8. The maximum absolute atomic E-state index is 15.0. The van der Waals surface area contributed by atoms with Crippen LogP contribution in [0.4, 0.5) is 0 Å². The zero-order chi connectivity index (χ0) is 49.1. The molecular formula is C48H77N3O14S. The lowest BCUT2D eigenvalue weighted by Gasteiger charge is -2.50. The zero-order valence-corrected chi connectivity index (χ0v) is 42.2. The zero-order valence-electron chi connectivity index (χ0n) is 41.4. The summed E-state index contributed by atoms with van der Waals surface area (Å²) in [6.45, 7) is 18.2. The fourth-order valence-corrected chi connectivity index (χ4v) is 12.2. The van der Waals surface area contributed by atoms with Gasteiger partial charge in [-0.15, -0.1) is 11.8 Å². The molecule has 4 aliphatic rings. The van der Waals surface area contributed by atoms with Crippen LogP contribution in [-0.4, -0.2) is 168 Å². The lowest BCUT2D eigenvalue weighted by molar-refractivity contribution is -0.319. The molecule has 374 valence electrons. The van der Waals surface area contributed by atoms with Crippen molar-refractivity contribution < 1.29 is 67.3 Å². The van der Waals surface area contributed by atoms with Crippen LogP contribution in [-0.2, 0) is 52.3 Å². The van der Waals surface area contributed by atoms with Crippen molar-refractivity contribution in [2.75, 3.05) is 40.6 Å². The summed E-state index contributed by atoms with van der Waals surface area (Å²) in [5.41, 5.74) is -3.51. The molecule has 19 atom stereocenters. The van der Waals surface area contributed by atoms with Crippen molar-refractivity contribution in [3.05, 3.63) is 30.1 Å². The van der Waals surface area contributed by atoms with Gasteiger partial charge in [0.1, 0.15) is 35.0 Å². The van der Waals surface area contributed by atoms with Crippen molar-refractivity contribution >= 4 is 35.4 Å². The van der Waals surface area contributed by atoms with E-state index in [-0.39, 0.29) is 55.3 Å². The number of esters is 2. The minimum Gasteiger partial charge on any atom is -0.458 e. The average molecular weight is 952 g/mol. The van der Waals surface area contributed by atoms with Crippen molar-refractivity contribution in [2.24, 2.45) is 29.6 Å². The van der Waals surface area contributed by atoms with Gasteiger partial charge >= 0.3 is 11.9 Å². The summed E-state index contributed by atoms with van der Waals surface area (Å²) in [4.78, 5) is 62.8. The molecule has 0 spiro atoms. The number of hydrogen-bond acceptors (Lipinski definition) is 17. The van der Waals surface area contributed by atoms with Gasteiger partial charge in [-0.25, -0.2) is 0 Å². The summed E-state index contributed by atoms with van der Waals surface area (Å²) in [7, 11) is 6.81. The number of amides is 1. The third kappa shape index (κ3) is 11.5. The third-order valence-electron chi connectivity index (χ3n) is 14.8. The molecular weight excluding hydrogens is 875 g/mol. The number of nitrogens with zero attached hydrogens (tertiary/aromatic N) is 2. The highest BCUT2D eigenvalue weighted by Crippen LogP contribution is 2.49. The fraction of sp³-hybridized carbons (Fsp3) is 0.812. The van der Waals surface area contributed by atoms with Crippen molar-refractivity contribution in [3.8, 4) is 0 Å². The number of Topliss-reactive ketones (excluding diaryl/α,β-unsaturated/α-hetero) is 1. The molecule has 18 heteroatoms. The first-order valence-electron chi connectivity index (χ1n) is 23.5. The van der Waals surface area contributed by atoms with E-state index < -0.39 is 113 Å². The first-order chi connectivity index (χ1) is 31.0. The second-order valence-corrected chi connectivity index (χ2v) is 21.1. The van der Waals surface area contributed by atoms with Crippen molar-refractivity contribution in [1.82, 2.24) is 15.2 Å². The first-order valence-corrected chi connectivity index (χ1v) is 24.5. The van der Waals surface area contributed by atoms with E-state index in [0.717, 1.165) is 0 Å². The summed E-state index contributed by atoms with van der Waals surface area (Å²) in [5, 5.41) is 24.9. The van der Waals surface area contributed by atoms with Crippen LogP contribution >= 0.6 is 11.8 Å². The van der Waals surface area contributed by atoms with E-state index in [2.05, 4.69) is 10.3 Å². The number of likely N-dealkylation sites (N-methyl/N-ethyl adjacent to an activating group) is 1. The Balaban J connectivity index is 1.57. The predicted octanol–water partition coefficient (Wildman–Crippen LogP) is 4.19. The van der Waals surface area contributed by atoms with Crippen molar-refractivity contribution in [2.45, 2.75) is 178 Å². The number of pyridine rings is 1. The largest absolute Gasteiger partial charge is 0.458 e. The number of fused-ring (bicyclic) bond motifs is 1. The quantitative estimate of drug-likeness (QED) is 0.187. The van der Waals surface area contributed by atoms with Crippen molar-refractivity contribution in [3.63, 3.8) is 0 Å². The molecule has 66 heavy (non-hydrogen) atoms. The maximum Gasteiger partial charge on any atom is 0.320 e. The number of carbonyl (C=O) groups is 4. The van der Waals surface area contributed by atoms with Gasteiger partial charge in [-0.1, -0.05) is 33.8 Å². The number of carbonyl (C=O) groups excluding carboxylic acids is 4. The van der Waals surface area contributed by atoms with E-state index in [1.54, 1.807) is 52.8 Å². The Morgan fingerprint density at radius 2 is 1.62 bits per heavy atom. The second-order valence-electron chi connectivity index (χ2n) is 19.9. The molecule has 1 aromatic heterocycles. The molecule has 0 saturated carbocycles. The molecule has 3 N–H and O–H groups in total. The third-order valence-corrected chi connectivity index (χ3v) is 16.1. The molecule has 5 rings (SSSR count). The van der Waals surface area contributed by atoms with Gasteiger partial charge in [-0.3, -0.25) is 24.2 Å². The predicted molar refractivity (Wildman–Crippen MR) is 245 cm³/mol. The maximum atomic E-state index is 15.0. The molecule has 4 aliphatic heterocycles. The molecule has 1 amide bonds. The fourth-order valence-electron chi connectivity index (χ4n) is 10.8. The number of nitrogens with one attached hydrogen (secondary N) is 1. The van der Waals surface area contributed by atoms with E-state index in [9.17, 15) is 24.6 Å². The highest BCUT2D eigenvalue weighted by atomic mass is 32.2. The summed E-state index contributed by atoms with van der Waals surface area (Å²) in [5.74, 6) is -5.37. The summed E-state index contributed by atoms with van der Waals surface area (Å²) < 4.78 is 51.4. The van der Waals surface area contributed by atoms with Crippen LogP contribution in [0.25, 0.3) is 0 Å². The van der Waals surface area contributed by atoms with Crippen LogP contribution in [0.15, 0.2) is 24.4 Å². The van der Waals surface area contributed by atoms with Gasteiger partial charge in [0.2, 0.25) is 0 Å². The van der Waals surface area contributed by atoms with E-state index in [4.69, 9.17) is 37.9 Å². The molecule has 1 aromatic rings. The summed E-state index contributed by atoms with van der Waals surface area (Å²) in [6.07, 6.45) is -5.57. The molecule has 0 radical (unpaired) electrons. The van der Waals surface area contributed by atoms with Gasteiger partial charge in [-0.2, -0.15) is 0 Å². The number of cyclic esters (lactones) is 1.